The average molecular weight is 445 g/mol. The number of carbonyl (C=O) groups excluding carboxylic acids is 1. The van der Waals surface area contributed by atoms with E-state index in [1.54, 1.807) is 0 Å². The topological polar surface area (TPSA) is 59.8 Å². The zero-order valence-electron chi connectivity index (χ0n) is 15.2. The normalized spacial score (nSPS) is 11.0. The van der Waals surface area contributed by atoms with Crippen molar-refractivity contribution in [1.29, 1.82) is 0 Å². The molecule has 3 rings (SSSR count). The van der Waals surface area contributed by atoms with Gasteiger partial charge >= 0.3 is 0 Å². The fourth-order valence-electron chi connectivity index (χ4n) is 2.44. The van der Waals surface area contributed by atoms with Gasteiger partial charge in [0.2, 0.25) is 10.6 Å². The van der Waals surface area contributed by atoms with Gasteiger partial charge in [-0.2, -0.15) is 4.98 Å². The molecule has 0 aliphatic carbocycles. The largest absolute Gasteiger partial charge is 0.325 e. The highest BCUT2D eigenvalue weighted by atomic mass is 79.9. The second-order valence-corrected chi connectivity index (χ2v) is 8.08. The number of halogens is 1. The highest BCUT2D eigenvalue weighted by molar-refractivity contribution is 9.10. The number of nitrogens with zero attached hydrogens (tertiary/aromatic N) is 3. The van der Waals surface area contributed by atoms with Gasteiger partial charge in [-0.25, -0.2) is 4.68 Å². The fraction of sp³-hybridized carbons (Fsp3) is 0.250. The summed E-state index contributed by atoms with van der Waals surface area (Å²) >= 11 is 4.87. The van der Waals surface area contributed by atoms with Gasteiger partial charge in [0.15, 0.2) is 5.16 Å². The summed E-state index contributed by atoms with van der Waals surface area (Å²) in [5.41, 5.74) is 2.04. The van der Waals surface area contributed by atoms with Crippen LogP contribution in [0.15, 0.2) is 69.4 Å². The summed E-state index contributed by atoms with van der Waals surface area (Å²) in [4.78, 5) is 17.5. The number of hydrogen-bond acceptors (Lipinski definition) is 4. The molecule has 0 atom stereocenters. The molecule has 0 radical (unpaired) electrons. The summed E-state index contributed by atoms with van der Waals surface area (Å²) in [5.74, 6) is -0.0819. The first kappa shape index (κ1) is 19.6. The summed E-state index contributed by atoms with van der Waals surface area (Å²) in [6.45, 7) is 4.48. The van der Waals surface area contributed by atoms with Crippen LogP contribution in [0.2, 0.25) is 0 Å². The molecule has 0 saturated heterocycles. The van der Waals surface area contributed by atoms with Gasteiger partial charge in [-0.3, -0.25) is 4.79 Å². The SMILES string of the molecule is CC(C)C(=O)Nc1ccccc1Sc1nc(Br)nn1CCc1ccccc1. The molecule has 0 unspecified atom stereocenters. The minimum Gasteiger partial charge on any atom is -0.325 e. The monoisotopic (exact) mass is 444 g/mol. The van der Waals surface area contributed by atoms with E-state index in [-0.39, 0.29) is 11.8 Å². The predicted octanol–water partition coefficient (Wildman–Crippen LogP) is 5.03. The predicted molar refractivity (Wildman–Crippen MR) is 112 cm³/mol. The van der Waals surface area contributed by atoms with Crippen molar-refractivity contribution < 1.29 is 4.79 Å². The Hall–Kier alpha value is -2.12. The molecular formula is C20H21BrN4OS. The third-order valence-electron chi connectivity index (χ3n) is 3.94. The molecule has 5 nitrogen and oxygen atoms in total. The molecule has 2 aromatic carbocycles. The zero-order valence-corrected chi connectivity index (χ0v) is 17.6. The lowest BCUT2D eigenvalue weighted by Gasteiger charge is -2.12. The minimum absolute atomic E-state index is 0.00484. The first-order chi connectivity index (χ1) is 13.0. The van der Waals surface area contributed by atoms with Gasteiger partial charge in [0.05, 0.1) is 5.69 Å². The van der Waals surface area contributed by atoms with Gasteiger partial charge in [0.1, 0.15) is 0 Å². The third kappa shape index (κ3) is 5.43. The maximum absolute atomic E-state index is 12.1. The number of benzene rings is 2. The van der Waals surface area contributed by atoms with Gasteiger partial charge in [0.25, 0.3) is 0 Å². The van der Waals surface area contributed by atoms with Crippen LogP contribution in [0.4, 0.5) is 5.69 Å². The van der Waals surface area contributed by atoms with Crippen LogP contribution in [0, 0.1) is 5.92 Å². The lowest BCUT2D eigenvalue weighted by molar-refractivity contribution is -0.118. The van der Waals surface area contributed by atoms with Crippen molar-refractivity contribution in [2.24, 2.45) is 5.92 Å². The number of rotatable bonds is 7. The van der Waals surface area contributed by atoms with E-state index in [1.807, 2.05) is 61.0 Å². The van der Waals surface area contributed by atoms with Gasteiger partial charge in [-0.1, -0.05) is 56.3 Å². The first-order valence-electron chi connectivity index (χ1n) is 8.75. The molecule has 3 aromatic rings. The van der Waals surface area contributed by atoms with Crippen molar-refractivity contribution in [3.63, 3.8) is 0 Å². The molecule has 0 fully saturated rings. The Morgan fingerprint density at radius 2 is 1.85 bits per heavy atom. The van der Waals surface area contributed by atoms with Crippen molar-refractivity contribution >= 4 is 39.3 Å². The molecule has 1 amide bonds. The third-order valence-corrected chi connectivity index (χ3v) is 5.33. The van der Waals surface area contributed by atoms with Crippen molar-refractivity contribution in [2.75, 3.05) is 5.32 Å². The molecule has 0 spiro atoms. The van der Waals surface area contributed by atoms with E-state index in [9.17, 15) is 4.79 Å². The van der Waals surface area contributed by atoms with E-state index in [4.69, 9.17) is 0 Å². The zero-order chi connectivity index (χ0) is 19.2. The van der Waals surface area contributed by atoms with Crippen LogP contribution >= 0.6 is 27.7 Å². The maximum Gasteiger partial charge on any atom is 0.226 e. The number of aromatic nitrogens is 3. The Labute approximate surface area is 171 Å². The van der Waals surface area contributed by atoms with Crippen molar-refractivity contribution in [3.8, 4) is 0 Å². The van der Waals surface area contributed by atoms with Crippen LogP contribution in [0.5, 0.6) is 0 Å². The number of carbonyl (C=O) groups is 1. The number of aryl methyl sites for hydroxylation is 2. The molecule has 1 N–H and O–H groups in total. The van der Waals surface area contributed by atoms with Gasteiger partial charge in [-0.15, -0.1) is 5.10 Å². The molecule has 7 heteroatoms. The highest BCUT2D eigenvalue weighted by Gasteiger charge is 2.15. The van der Waals surface area contributed by atoms with E-state index in [0.717, 1.165) is 28.7 Å². The lowest BCUT2D eigenvalue weighted by atomic mass is 10.2. The molecule has 27 heavy (non-hydrogen) atoms. The van der Waals surface area contributed by atoms with Crippen LogP contribution in [0.3, 0.4) is 0 Å². The Kier molecular flexibility index (Phi) is 6.68. The maximum atomic E-state index is 12.1. The van der Waals surface area contributed by atoms with Crippen LogP contribution in [0.1, 0.15) is 19.4 Å². The van der Waals surface area contributed by atoms with Crippen LogP contribution in [0.25, 0.3) is 0 Å². The Morgan fingerprint density at radius 3 is 2.59 bits per heavy atom. The van der Waals surface area contributed by atoms with E-state index in [1.165, 1.54) is 17.3 Å². The second kappa shape index (κ2) is 9.19. The smallest absolute Gasteiger partial charge is 0.226 e. The number of hydrogen-bond donors (Lipinski definition) is 1. The van der Waals surface area contributed by atoms with Crippen LogP contribution in [-0.2, 0) is 17.8 Å². The summed E-state index contributed by atoms with van der Waals surface area (Å²) in [7, 11) is 0. The van der Waals surface area contributed by atoms with E-state index in [0.29, 0.717) is 4.73 Å². The standard InChI is InChI=1S/C20H21BrN4OS/c1-14(2)18(26)22-16-10-6-7-11-17(16)27-20-23-19(21)24-25(20)13-12-15-8-4-3-5-9-15/h3-11,14H,12-13H2,1-2H3,(H,22,26). The molecular weight excluding hydrogens is 424 g/mol. The Bertz CT molecular complexity index is 911. The fourth-order valence-corrected chi connectivity index (χ4v) is 3.86. The van der Waals surface area contributed by atoms with Crippen LogP contribution in [-0.4, -0.2) is 20.7 Å². The minimum atomic E-state index is -0.0771. The molecule has 0 bridgehead atoms. The molecule has 0 aliphatic rings. The summed E-state index contributed by atoms with van der Waals surface area (Å²) in [6, 6.07) is 18.0. The number of nitrogens with one attached hydrogen (secondary N) is 1. The number of amides is 1. The quantitative estimate of drug-likeness (QED) is 0.554. The Balaban J connectivity index is 1.77. The van der Waals surface area contributed by atoms with E-state index >= 15 is 0 Å². The molecule has 0 aliphatic heterocycles. The van der Waals surface area contributed by atoms with Gasteiger partial charge in [-0.05, 0) is 51.8 Å². The second-order valence-electron chi connectivity index (χ2n) is 6.36. The van der Waals surface area contributed by atoms with Gasteiger partial charge < -0.3 is 5.32 Å². The highest BCUT2D eigenvalue weighted by Crippen LogP contribution is 2.33. The van der Waals surface area contributed by atoms with Crippen LogP contribution < -0.4 is 5.32 Å². The number of para-hydroxylation sites is 1. The molecule has 0 saturated carbocycles. The van der Waals surface area contributed by atoms with Crippen molar-refractivity contribution in [1.82, 2.24) is 14.8 Å². The van der Waals surface area contributed by atoms with Crippen molar-refractivity contribution in [3.05, 3.63) is 64.9 Å². The number of anilines is 1. The van der Waals surface area contributed by atoms with E-state index in [2.05, 4.69) is 43.5 Å². The van der Waals surface area contributed by atoms with Gasteiger partial charge in [0, 0.05) is 17.4 Å². The molecule has 140 valence electrons. The summed E-state index contributed by atoms with van der Waals surface area (Å²) < 4.78 is 2.45. The molecule has 1 heterocycles. The average Bonchev–Trinajstić information content (AvgIpc) is 3.01. The summed E-state index contributed by atoms with van der Waals surface area (Å²) in [6.07, 6.45) is 0.871. The molecule has 1 aromatic heterocycles. The van der Waals surface area contributed by atoms with Crippen molar-refractivity contribution in [2.45, 2.75) is 36.9 Å². The first-order valence-corrected chi connectivity index (χ1v) is 10.4. The lowest BCUT2D eigenvalue weighted by Crippen LogP contribution is -2.18. The summed E-state index contributed by atoms with van der Waals surface area (Å²) in [5, 5.41) is 8.22. The van der Waals surface area contributed by atoms with E-state index < -0.39 is 0 Å². The Morgan fingerprint density at radius 1 is 1.15 bits per heavy atom.